The minimum atomic E-state index is -0.696. The van der Waals surface area contributed by atoms with Crippen LogP contribution >= 0.6 is 27.3 Å². The second kappa shape index (κ2) is 4.29. The fourth-order valence-corrected chi connectivity index (χ4v) is 3.18. The van der Waals surface area contributed by atoms with Crippen molar-refractivity contribution < 1.29 is 9.52 Å². The van der Waals surface area contributed by atoms with Crippen LogP contribution < -0.4 is 0 Å². The summed E-state index contributed by atoms with van der Waals surface area (Å²) >= 11 is 4.88. The molecule has 2 heterocycles. The van der Waals surface area contributed by atoms with Crippen LogP contribution in [-0.2, 0) is 0 Å². The van der Waals surface area contributed by atoms with Gasteiger partial charge in [-0.3, -0.25) is 0 Å². The van der Waals surface area contributed by atoms with E-state index in [0.717, 1.165) is 20.3 Å². The van der Waals surface area contributed by atoms with Gasteiger partial charge in [0, 0.05) is 20.1 Å². The molecule has 4 heteroatoms. The first-order valence-corrected chi connectivity index (χ1v) is 6.82. The number of hydrogen-bond donors (Lipinski definition) is 1. The van der Waals surface area contributed by atoms with Gasteiger partial charge in [-0.15, -0.1) is 11.3 Å². The van der Waals surface area contributed by atoms with Gasteiger partial charge in [-0.1, -0.05) is 18.2 Å². The summed E-state index contributed by atoms with van der Waals surface area (Å²) in [6.07, 6.45) is -0.696. The highest BCUT2D eigenvalue weighted by molar-refractivity contribution is 9.10. The first kappa shape index (κ1) is 11.0. The fourth-order valence-electron chi connectivity index (χ4n) is 1.75. The minimum absolute atomic E-state index is 0.584. The molecule has 0 amide bonds. The number of furan rings is 1. The highest BCUT2D eigenvalue weighted by Crippen LogP contribution is 2.32. The summed E-state index contributed by atoms with van der Waals surface area (Å²) in [5.41, 5.74) is 0.803. The lowest BCUT2D eigenvalue weighted by Crippen LogP contribution is -1.93. The lowest BCUT2D eigenvalue weighted by atomic mass is 10.2. The van der Waals surface area contributed by atoms with Crippen molar-refractivity contribution in [3.8, 4) is 0 Å². The van der Waals surface area contributed by atoms with Gasteiger partial charge in [0.25, 0.3) is 0 Å². The molecule has 0 bridgehead atoms. The smallest absolute Gasteiger partial charge is 0.146 e. The van der Waals surface area contributed by atoms with Crippen molar-refractivity contribution >= 4 is 38.2 Å². The first-order chi connectivity index (χ1) is 8.24. The molecule has 1 aromatic carbocycles. The lowest BCUT2D eigenvalue weighted by molar-refractivity contribution is 0.196. The summed E-state index contributed by atoms with van der Waals surface area (Å²) in [6, 6.07) is 11.5. The van der Waals surface area contributed by atoms with Crippen LogP contribution in [0.25, 0.3) is 11.0 Å². The molecule has 2 aromatic heterocycles. The van der Waals surface area contributed by atoms with Crippen molar-refractivity contribution in [1.82, 2.24) is 0 Å². The van der Waals surface area contributed by atoms with Gasteiger partial charge in [-0.05, 0) is 34.1 Å². The van der Waals surface area contributed by atoms with E-state index in [4.69, 9.17) is 4.42 Å². The first-order valence-electron chi connectivity index (χ1n) is 5.14. The third-order valence-electron chi connectivity index (χ3n) is 2.57. The van der Waals surface area contributed by atoms with Crippen LogP contribution in [0.5, 0.6) is 0 Å². The second-order valence-electron chi connectivity index (χ2n) is 3.76. The number of thiophene rings is 1. The molecule has 0 saturated carbocycles. The molecule has 0 aliphatic heterocycles. The van der Waals surface area contributed by atoms with Gasteiger partial charge in [0.15, 0.2) is 0 Å². The van der Waals surface area contributed by atoms with Crippen LogP contribution in [0.4, 0.5) is 0 Å². The number of aliphatic hydroxyl groups excluding tert-OH is 1. The maximum atomic E-state index is 10.2. The molecule has 0 fully saturated rings. The number of fused-ring (bicyclic) bond motifs is 1. The highest BCUT2D eigenvalue weighted by atomic mass is 79.9. The van der Waals surface area contributed by atoms with E-state index in [9.17, 15) is 5.11 Å². The SMILES string of the molecule is OC(c1cc2ccccc2o1)c1cc(Br)cs1. The molecule has 3 rings (SSSR count). The summed E-state index contributed by atoms with van der Waals surface area (Å²) in [5.74, 6) is 0.584. The van der Waals surface area contributed by atoms with Gasteiger partial charge in [-0.25, -0.2) is 0 Å². The molecule has 1 N–H and O–H groups in total. The van der Waals surface area contributed by atoms with Crippen LogP contribution in [0, 0.1) is 0 Å². The van der Waals surface area contributed by atoms with Gasteiger partial charge in [0.1, 0.15) is 17.4 Å². The molecule has 0 spiro atoms. The topological polar surface area (TPSA) is 33.4 Å². The van der Waals surface area contributed by atoms with Crippen LogP contribution in [0.1, 0.15) is 16.7 Å². The van der Waals surface area contributed by atoms with E-state index in [1.54, 1.807) is 0 Å². The van der Waals surface area contributed by atoms with Crippen molar-refractivity contribution in [1.29, 1.82) is 0 Å². The van der Waals surface area contributed by atoms with Gasteiger partial charge < -0.3 is 9.52 Å². The Labute approximate surface area is 111 Å². The predicted molar refractivity (Wildman–Crippen MR) is 72.3 cm³/mol. The van der Waals surface area contributed by atoms with Gasteiger partial charge in [0.05, 0.1) is 0 Å². The predicted octanol–water partition coefficient (Wildman–Crippen LogP) is 4.34. The largest absolute Gasteiger partial charge is 0.458 e. The van der Waals surface area contributed by atoms with Crippen LogP contribution in [-0.4, -0.2) is 5.11 Å². The molecular weight excluding hydrogens is 300 g/mol. The van der Waals surface area contributed by atoms with E-state index < -0.39 is 6.10 Å². The van der Waals surface area contributed by atoms with Crippen LogP contribution in [0.2, 0.25) is 0 Å². The van der Waals surface area contributed by atoms with E-state index in [0.29, 0.717) is 5.76 Å². The number of aliphatic hydroxyl groups is 1. The van der Waals surface area contributed by atoms with Gasteiger partial charge in [-0.2, -0.15) is 0 Å². The van der Waals surface area contributed by atoms with Crippen molar-refractivity contribution in [2.75, 3.05) is 0 Å². The zero-order valence-electron chi connectivity index (χ0n) is 8.76. The molecule has 0 saturated heterocycles. The monoisotopic (exact) mass is 308 g/mol. The third kappa shape index (κ3) is 2.04. The quantitative estimate of drug-likeness (QED) is 0.764. The normalized spacial score (nSPS) is 13.1. The molecule has 17 heavy (non-hydrogen) atoms. The Kier molecular flexibility index (Phi) is 2.78. The van der Waals surface area contributed by atoms with Crippen molar-refractivity contribution in [2.45, 2.75) is 6.10 Å². The van der Waals surface area contributed by atoms with E-state index in [2.05, 4.69) is 15.9 Å². The number of benzene rings is 1. The van der Waals surface area contributed by atoms with Crippen LogP contribution in [0.15, 0.2) is 50.7 Å². The Morgan fingerprint density at radius 1 is 1.24 bits per heavy atom. The Morgan fingerprint density at radius 3 is 2.76 bits per heavy atom. The fraction of sp³-hybridized carbons (Fsp3) is 0.0769. The van der Waals surface area contributed by atoms with E-state index in [1.807, 2.05) is 41.8 Å². The summed E-state index contributed by atoms with van der Waals surface area (Å²) in [5, 5.41) is 13.2. The zero-order valence-corrected chi connectivity index (χ0v) is 11.2. The van der Waals surface area contributed by atoms with Crippen LogP contribution in [0.3, 0.4) is 0 Å². The molecule has 0 radical (unpaired) electrons. The van der Waals surface area contributed by atoms with Crippen molar-refractivity contribution in [2.24, 2.45) is 0 Å². The third-order valence-corrected chi connectivity index (χ3v) is 4.32. The molecule has 0 aliphatic rings. The van der Waals surface area contributed by atoms with Gasteiger partial charge >= 0.3 is 0 Å². The molecule has 86 valence electrons. The van der Waals surface area contributed by atoms with Crippen molar-refractivity contribution in [3.05, 3.63) is 56.9 Å². The molecule has 2 nitrogen and oxygen atoms in total. The minimum Gasteiger partial charge on any atom is -0.458 e. The summed E-state index contributed by atoms with van der Waals surface area (Å²) < 4.78 is 6.61. The standard InChI is InChI=1S/C13H9BrO2S/c14-9-6-12(17-7-9)13(15)11-5-8-3-1-2-4-10(8)16-11/h1-7,13,15H. The molecule has 1 unspecified atom stereocenters. The summed E-state index contributed by atoms with van der Waals surface area (Å²) in [6.45, 7) is 0. The Morgan fingerprint density at radius 2 is 2.06 bits per heavy atom. The highest BCUT2D eigenvalue weighted by Gasteiger charge is 2.17. The maximum Gasteiger partial charge on any atom is 0.146 e. The maximum absolute atomic E-state index is 10.2. The molecular formula is C13H9BrO2S. The summed E-state index contributed by atoms with van der Waals surface area (Å²) in [7, 11) is 0. The number of rotatable bonds is 2. The number of para-hydroxylation sites is 1. The van der Waals surface area contributed by atoms with E-state index in [1.165, 1.54) is 11.3 Å². The van der Waals surface area contributed by atoms with E-state index >= 15 is 0 Å². The number of hydrogen-bond acceptors (Lipinski definition) is 3. The van der Waals surface area contributed by atoms with E-state index in [-0.39, 0.29) is 0 Å². The zero-order chi connectivity index (χ0) is 11.8. The molecule has 1 atom stereocenters. The lowest BCUT2D eigenvalue weighted by Gasteiger charge is -2.03. The van der Waals surface area contributed by atoms with Gasteiger partial charge in [0.2, 0.25) is 0 Å². The summed E-state index contributed by atoms with van der Waals surface area (Å²) in [4.78, 5) is 0.871. The molecule has 3 aromatic rings. The Bertz CT molecular complexity index is 623. The average Bonchev–Trinajstić information content (AvgIpc) is 2.93. The number of halogens is 1. The molecule has 0 aliphatic carbocycles. The Balaban J connectivity index is 2.03. The van der Waals surface area contributed by atoms with Crippen molar-refractivity contribution in [3.63, 3.8) is 0 Å². The average molecular weight is 309 g/mol. The second-order valence-corrected chi connectivity index (χ2v) is 5.61. The Hall–Kier alpha value is -1.10.